The summed E-state index contributed by atoms with van der Waals surface area (Å²) in [4.78, 5) is 18.8. The molecule has 0 bridgehead atoms. The number of hydrogen-bond donors (Lipinski definition) is 1. The normalized spacial score (nSPS) is 10.3. The highest BCUT2D eigenvalue weighted by Crippen LogP contribution is 2.17. The Labute approximate surface area is 92.4 Å². The molecule has 0 aliphatic carbocycles. The number of carboxylic acids is 1. The molecule has 2 aromatic rings. The van der Waals surface area contributed by atoms with Crippen LogP contribution in [0.5, 0.6) is 0 Å². The molecule has 0 fully saturated rings. The van der Waals surface area contributed by atoms with Gasteiger partial charge in [-0.05, 0) is 12.1 Å². The van der Waals surface area contributed by atoms with E-state index in [2.05, 4.69) is 9.97 Å². The molecule has 0 radical (unpaired) electrons. The summed E-state index contributed by atoms with van der Waals surface area (Å²) < 4.78 is 1.77. The van der Waals surface area contributed by atoms with Crippen molar-refractivity contribution >= 4 is 5.97 Å². The predicted octanol–water partition coefficient (Wildman–Crippen LogP) is 1.11. The molecule has 0 aliphatic rings. The van der Waals surface area contributed by atoms with E-state index in [-0.39, 0.29) is 6.42 Å². The van der Waals surface area contributed by atoms with E-state index in [0.29, 0.717) is 5.69 Å². The van der Waals surface area contributed by atoms with Gasteiger partial charge in [-0.1, -0.05) is 0 Å². The van der Waals surface area contributed by atoms with Crippen LogP contribution in [0.15, 0.2) is 30.7 Å². The lowest BCUT2D eigenvalue weighted by atomic mass is 10.2. The van der Waals surface area contributed by atoms with Gasteiger partial charge in [0.15, 0.2) is 0 Å². The Morgan fingerprint density at radius 2 is 2.31 bits per heavy atom. The molecule has 2 aromatic heterocycles. The molecule has 0 atom stereocenters. The maximum atomic E-state index is 10.6. The first-order valence-corrected chi connectivity index (χ1v) is 4.81. The summed E-state index contributed by atoms with van der Waals surface area (Å²) >= 11 is 0. The summed E-state index contributed by atoms with van der Waals surface area (Å²) in [6.07, 6.45) is 4.94. The van der Waals surface area contributed by atoms with Crippen LogP contribution < -0.4 is 0 Å². The van der Waals surface area contributed by atoms with Crippen molar-refractivity contribution in [2.75, 3.05) is 0 Å². The molecular formula is C11H11N3O2. The quantitative estimate of drug-likeness (QED) is 0.836. The van der Waals surface area contributed by atoms with Crippen LogP contribution in [-0.4, -0.2) is 25.6 Å². The minimum Gasteiger partial charge on any atom is -0.481 e. The van der Waals surface area contributed by atoms with Crippen molar-refractivity contribution in [3.8, 4) is 11.4 Å². The number of aliphatic carboxylic acids is 1. The third kappa shape index (κ3) is 1.93. The standard InChI is InChI=1S/C11H11N3O2/c1-14-9(5-10(15)16)7-13-11(14)8-3-2-4-12-6-8/h2-4,6-7H,5H2,1H3,(H,15,16). The van der Waals surface area contributed by atoms with Crippen LogP contribution in [0.2, 0.25) is 0 Å². The van der Waals surface area contributed by atoms with E-state index in [4.69, 9.17) is 5.11 Å². The average Bonchev–Trinajstić information content (AvgIpc) is 2.61. The topological polar surface area (TPSA) is 68.0 Å². The number of carbonyl (C=O) groups is 1. The molecular weight excluding hydrogens is 206 g/mol. The highest BCUT2D eigenvalue weighted by atomic mass is 16.4. The van der Waals surface area contributed by atoms with Gasteiger partial charge in [0.25, 0.3) is 0 Å². The Hall–Kier alpha value is -2.17. The van der Waals surface area contributed by atoms with E-state index in [1.807, 2.05) is 12.1 Å². The maximum Gasteiger partial charge on any atom is 0.309 e. The zero-order valence-corrected chi connectivity index (χ0v) is 8.79. The Kier molecular flexibility index (Phi) is 2.68. The van der Waals surface area contributed by atoms with Gasteiger partial charge in [0.05, 0.1) is 6.42 Å². The van der Waals surface area contributed by atoms with E-state index in [9.17, 15) is 4.79 Å². The van der Waals surface area contributed by atoms with Gasteiger partial charge in [0.1, 0.15) is 5.82 Å². The van der Waals surface area contributed by atoms with E-state index in [0.717, 1.165) is 11.4 Å². The number of pyridine rings is 1. The monoisotopic (exact) mass is 217 g/mol. The van der Waals surface area contributed by atoms with Crippen LogP contribution in [-0.2, 0) is 18.3 Å². The van der Waals surface area contributed by atoms with Gasteiger partial charge in [0, 0.05) is 36.9 Å². The molecule has 0 aromatic carbocycles. The van der Waals surface area contributed by atoms with Crippen molar-refractivity contribution in [3.05, 3.63) is 36.4 Å². The molecule has 0 amide bonds. The Bertz CT molecular complexity index is 505. The van der Waals surface area contributed by atoms with Crippen LogP contribution in [0.25, 0.3) is 11.4 Å². The molecule has 0 saturated heterocycles. The van der Waals surface area contributed by atoms with Crippen molar-refractivity contribution in [2.45, 2.75) is 6.42 Å². The SMILES string of the molecule is Cn1c(CC(=O)O)cnc1-c1cccnc1. The summed E-state index contributed by atoms with van der Waals surface area (Å²) in [7, 11) is 1.80. The zero-order valence-electron chi connectivity index (χ0n) is 8.79. The van der Waals surface area contributed by atoms with Crippen LogP contribution in [0.1, 0.15) is 5.69 Å². The van der Waals surface area contributed by atoms with Crippen molar-refractivity contribution in [2.24, 2.45) is 7.05 Å². The second-order valence-corrected chi connectivity index (χ2v) is 3.44. The summed E-state index contributed by atoms with van der Waals surface area (Å²) in [5.74, 6) is -0.134. The lowest BCUT2D eigenvalue weighted by Gasteiger charge is -2.03. The molecule has 0 unspecified atom stereocenters. The van der Waals surface area contributed by atoms with Crippen LogP contribution in [0.4, 0.5) is 0 Å². The van der Waals surface area contributed by atoms with Crippen molar-refractivity contribution in [1.29, 1.82) is 0 Å². The molecule has 0 saturated carbocycles. The fourth-order valence-corrected chi connectivity index (χ4v) is 1.53. The molecule has 0 spiro atoms. The van der Waals surface area contributed by atoms with E-state index in [1.54, 1.807) is 30.2 Å². The summed E-state index contributed by atoms with van der Waals surface area (Å²) in [6.45, 7) is 0. The largest absolute Gasteiger partial charge is 0.481 e. The molecule has 1 N–H and O–H groups in total. The van der Waals surface area contributed by atoms with Gasteiger partial charge in [-0.3, -0.25) is 9.78 Å². The minimum atomic E-state index is -0.860. The molecule has 2 rings (SSSR count). The minimum absolute atomic E-state index is 0.0240. The fraction of sp³-hybridized carbons (Fsp3) is 0.182. The van der Waals surface area contributed by atoms with Gasteiger partial charge in [-0.15, -0.1) is 0 Å². The second kappa shape index (κ2) is 4.14. The van der Waals surface area contributed by atoms with E-state index < -0.39 is 5.97 Å². The van der Waals surface area contributed by atoms with Gasteiger partial charge in [0.2, 0.25) is 0 Å². The first-order valence-electron chi connectivity index (χ1n) is 4.81. The Balaban J connectivity index is 2.37. The summed E-state index contributed by atoms with van der Waals surface area (Å²) in [5.41, 5.74) is 1.55. The lowest BCUT2D eigenvalue weighted by molar-refractivity contribution is -0.136. The first kappa shape index (κ1) is 10.4. The predicted molar refractivity (Wildman–Crippen MR) is 57.8 cm³/mol. The van der Waals surface area contributed by atoms with Crippen LogP contribution in [0.3, 0.4) is 0 Å². The highest BCUT2D eigenvalue weighted by Gasteiger charge is 2.10. The number of hydrogen-bond acceptors (Lipinski definition) is 3. The first-order chi connectivity index (χ1) is 7.68. The number of aromatic nitrogens is 3. The summed E-state index contributed by atoms with van der Waals surface area (Å²) in [6, 6.07) is 3.71. The second-order valence-electron chi connectivity index (χ2n) is 3.44. The van der Waals surface area contributed by atoms with Crippen LogP contribution in [0, 0.1) is 0 Å². The summed E-state index contributed by atoms with van der Waals surface area (Å²) in [5, 5.41) is 8.72. The van der Waals surface area contributed by atoms with Gasteiger partial charge >= 0.3 is 5.97 Å². The fourth-order valence-electron chi connectivity index (χ4n) is 1.53. The van der Waals surface area contributed by atoms with Crippen LogP contribution >= 0.6 is 0 Å². The van der Waals surface area contributed by atoms with E-state index in [1.165, 1.54) is 0 Å². The Morgan fingerprint density at radius 3 is 2.94 bits per heavy atom. The van der Waals surface area contributed by atoms with E-state index >= 15 is 0 Å². The number of carboxylic acid groups (broad SMARTS) is 1. The smallest absolute Gasteiger partial charge is 0.309 e. The maximum absolute atomic E-state index is 10.6. The van der Waals surface area contributed by atoms with Gasteiger partial charge in [-0.2, -0.15) is 0 Å². The van der Waals surface area contributed by atoms with Gasteiger partial charge in [-0.25, -0.2) is 4.98 Å². The van der Waals surface area contributed by atoms with Crippen molar-refractivity contribution in [1.82, 2.24) is 14.5 Å². The number of imidazole rings is 1. The van der Waals surface area contributed by atoms with Crippen molar-refractivity contribution < 1.29 is 9.90 Å². The molecule has 2 heterocycles. The Morgan fingerprint density at radius 1 is 1.50 bits per heavy atom. The molecule has 5 heteroatoms. The molecule has 16 heavy (non-hydrogen) atoms. The average molecular weight is 217 g/mol. The zero-order chi connectivity index (χ0) is 11.5. The number of nitrogens with zero attached hydrogens (tertiary/aromatic N) is 3. The lowest BCUT2D eigenvalue weighted by Crippen LogP contribution is -2.05. The van der Waals surface area contributed by atoms with Crippen molar-refractivity contribution in [3.63, 3.8) is 0 Å². The molecule has 5 nitrogen and oxygen atoms in total. The third-order valence-electron chi connectivity index (χ3n) is 2.34. The molecule has 82 valence electrons. The van der Waals surface area contributed by atoms with Gasteiger partial charge < -0.3 is 9.67 Å². The highest BCUT2D eigenvalue weighted by molar-refractivity contribution is 5.70. The molecule has 0 aliphatic heterocycles. The third-order valence-corrected chi connectivity index (χ3v) is 2.34. The number of rotatable bonds is 3.